The molecule has 1 aromatic carbocycles. The Morgan fingerprint density at radius 2 is 1.71 bits per heavy atom. The van der Waals surface area contributed by atoms with Gasteiger partial charge in [-0.15, -0.1) is 11.8 Å². The van der Waals surface area contributed by atoms with Crippen molar-refractivity contribution >= 4 is 23.6 Å². The lowest BCUT2D eigenvalue weighted by molar-refractivity contribution is -0.130. The predicted octanol–water partition coefficient (Wildman–Crippen LogP) is 2.61. The molecule has 2 aromatic rings. The van der Waals surface area contributed by atoms with Gasteiger partial charge in [-0.2, -0.15) is 0 Å². The summed E-state index contributed by atoms with van der Waals surface area (Å²) < 4.78 is 0. The molecule has 1 unspecified atom stereocenters. The number of piperazine rings is 1. The van der Waals surface area contributed by atoms with Crippen LogP contribution in [0.4, 0.5) is 5.95 Å². The summed E-state index contributed by atoms with van der Waals surface area (Å²) in [6.45, 7) is 7.04. The van der Waals surface area contributed by atoms with Crippen molar-refractivity contribution < 1.29 is 4.79 Å². The van der Waals surface area contributed by atoms with Crippen molar-refractivity contribution in [3.63, 3.8) is 0 Å². The maximum absolute atomic E-state index is 12.7. The number of benzene rings is 1. The minimum Gasteiger partial charge on any atom is -0.338 e. The molecule has 0 N–H and O–H groups in total. The highest BCUT2D eigenvalue weighted by atomic mass is 32.2. The number of hydrogen-bond acceptors (Lipinski definition) is 5. The zero-order valence-electron chi connectivity index (χ0n) is 14.1. The van der Waals surface area contributed by atoms with Crippen molar-refractivity contribution in [3.05, 3.63) is 48.3 Å². The Morgan fingerprint density at radius 1 is 1.08 bits per heavy atom. The second-order valence-electron chi connectivity index (χ2n) is 5.93. The minimum absolute atomic E-state index is 0.0766. The van der Waals surface area contributed by atoms with E-state index in [1.165, 1.54) is 5.56 Å². The molecule has 0 radical (unpaired) electrons. The fraction of sp³-hybridized carbons (Fsp3) is 0.389. The van der Waals surface area contributed by atoms with Gasteiger partial charge in [0.2, 0.25) is 11.9 Å². The van der Waals surface area contributed by atoms with Gasteiger partial charge in [0.25, 0.3) is 0 Å². The maximum Gasteiger partial charge on any atom is 0.235 e. The van der Waals surface area contributed by atoms with Crippen molar-refractivity contribution in [3.8, 4) is 0 Å². The van der Waals surface area contributed by atoms with Gasteiger partial charge in [-0.25, -0.2) is 9.97 Å². The number of anilines is 1. The molecular weight excluding hydrogens is 320 g/mol. The highest BCUT2D eigenvalue weighted by Crippen LogP contribution is 2.25. The Bertz CT molecular complexity index is 669. The van der Waals surface area contributed by atoms with Gasteiger partial charge < -0.3 is 9.80 Å². The molecule has 0 spiro atoms. The molecule has 24 heavy (non-hydrogen) atoms. The molecule has 1 saturated heterocycles. The summed E-state index contributed by atoms with van der Waals surface area (Å²) in [4.78, 5) is 26.4. The lowest BCUT2D eigenvalue weighted by atomic mass is 10.2. The first kappa shape index (κ1) is 16.8. The lowest BCUT2D eigenvalue weighted by Crippen LogP contribution is -2.51. The molecule has 1 fully saturated rings. The molecule has 6 heteroatoms. The zero-order valence-corrected chi connectivity index (χ0v) is 14.9. The molecule has 1 aromatic heterocycles. The van der Waals surface area contributed by atoms with Crippen molar-refractivity contribution in [2.24, 2.45) is 0 Å². The van der Waals surface area contributed by atoms with Crippen LogP contribution in [0.2, 0.25) is 0 Å². The van der Waals surface area contributed by atoms with E-state index in [2.05, 4.69) is 46.1 Å². The van der Waals surface area contributed by atoms with E-state index in [9.17, 15) is 4.79 Å². The Balaban J connectivity index is 1.53. The standard InChI is InChI=1S/C18H22N4OS/c1-14-4-6-16(7-5-14)24-15(2)17(23)21-10-12-22(13-11-21)18-19-8-3-9-20-18/h3-9,15H,10-13H2,1-2H3. The van der Waals surface area contributed by atoms with Crippen molar-refractivity contribution in [1.29, 1.82) is 0 Å². The van der Waals surface area contributed by atoms with Crippen LogP contribution in [0, 0.1) is 6.92 Å². The van der Waals surface area contributed by atoms with Crippen molar-refractivity contribution in [2.75, 3.05) is 31.1 Å². The number of rotatable bonds is 4. The van der Waals surface area contributed by atoms with Gasteiger partial charge in [0.05, 0.1) is 5.25 Å². The fourth-order valence-corrected chi connectivity index (χ4v) is 3.66. The number of amides is 1. The van der Waals surface area contributed by atoms with Crippen LogP contribution < -0.4 is 4.90 Å². The molecular formula is C18H22N4OS. The quantitative estimate of drug-likeness (QED) is 0.800. The van der Waals surface area contributed by atoms with Crippen LogP contribution in [0.1, 0.15) is 12.5 Å². The van der Waals surface area contributed by atoms with Crippen LogP contribution in [0.25, 0.3) is 0 Å². The van der Waals surface area contributed by atoms with Gasteiger partial charge in [0.15, 0.2) is 0 Å². The predicted molar refractivity (Wildman–Crippen MR) is 97.3 cm³/mol. The number of nitrogens with zero attached hydrogens (tertiary/aromatic N) is 4. The Morgan fingerprint density at radius 3 is 2.33 bits per heavy atom. The monoisotopic (exact) mass is 342 g/mol. The van der Waals surface area contributed by atoms with Gasteiger partial charge in [0.1, 0.15) is 0 Å². The van der Waals surface area contributed by atoms with E-state index in [1.54, 1.807) is 24.2 Å². The van der Waals surface area contributed by atoms with Crippen LogP contribution in [0.5, 0.6) is 0 Å². The molecule has 0 bridgehead atoms. The first-order valence-electron chi connectivity index (χ1n) is 8.17. The average molecular weight is 342 g/mol. The molecule has 5 nitrogen and oxygen atoms in total. The van der Waals surface area contributed by atoms with E-state index < -0.39 is 0 Å². The van der Waals surface area contributed by atoms with Crippen LogP contribution in [0.15, 0.2) is 47.6 Å². The molecule has 2 heterocycles. The third-order valence-electron chi connectivity index (χ3n) is 4.11. The first-order chi connectivity index (χ1) is 11.6. The van der Waals surface area contributed by atoms with Gasteiger partial charge in [-0.05, 0) is 32.0 Å². The fourth-order valence-electron chi connectivity index (χ4n) is 2.71. The largest absolute Gasteiger partial charge is 0.338 e. The lowest BCUT2D eigenvalue weighted by Gasteiger charge is -2.35. The van der Waals surface area contributed by atoms with Gasteiger partial charge >= 0.3 is 0 Å². The molecule has 0 aliphatic carbocycles. The van der Waals surface area contributed by atoms with E-state index in [4.69, 9.17) is 0 Å². The number of carbonyl (C=O) groups is 1. The van der Waals surface area contributed by atoms with Crippen molar-refractivity contribution in [2.45, 2.75) is 24.0 Å². The second-order valence-corrected chi connectivity index (χ2v) is 7.35. The summed E-state index contributed by atoms with van der Waals surface area (Å²) in [6.07, 6.45) is 3.50. The number of thioether (sulfide) groups is 1. The van der Waals surface area contributed by atoms with Gasteiger partial charge in [-0.3, -0.25) is 4.79 Å². The molecule has 1 aliphatic heterocycles. The topological polar surface area (TPSA) is 49.3 Å². The van der Waals surface area contributed by atoms with Crippen LogP contribution in [-0.2, 0) is 4.79 Å². The highest BCUT2D eigenvalue weighted by Gasteiger charge is 2.26. The van der Waals surface area contributed by atoms with Gasteiger partial charge in [-0.1, -0.05) is 17.7 Å². The molecule has 126 valence electrons. The molecule has 3 rings (SSSR count). The van der Waals surface area contributed by atoms with E-state index in [0.717, 1.165) is 37.0 Å². The van der Waals surface area contributed by atoms with E-state index >= 15 is 0 Å². The smallest absolute Gasteiger partial charge is 0.235 e. The summed E-state index contributed by atoms with van der Waals surface area (Å²) in [7, 11) is 0. The SMILES string of the molecule is Cc1ccc(SC(C)C(=O)N2CCN(c3ncccn3)CC2)cc1. The maximum atomic E-state index is 12.7. The second kappa shape index (κ2) is 7.66. The highest BCUT2D eigenvalue weighted by molar-refractivity contribution is 8.00. The van der Waals surface area contributed by atoms with Crippen molar-refractivity contribution in [1.82, 2.24) is 14.9 Å². The third kappa shape index (κ3) is 4.06. The number of hydrogen-bond donors (Lipinski definition) is 0. The van der Waals surface area contributed by atoms with Crippen LogP contribution >= 0.6 is 11.8 Å². The Labute approximate surface area is 147 Å². The summed E-state index contributed by atoms with van der Waals surface area (Å²) in [6, 6.07) is 10.1. The molecule has 1 amide bonds. The van der Waals surface area contributed by atoms with E-state index in [-0.39, 0.29) is 11.2 Å². The normalized spacial score (nSPS) is 16.1. The summed E-state index contributed by atoms with van der Waals surface area (Å²) in [5, 5.41) is -0.0766. The summed E-state index contributed by atoms with van der Waals surface area (Å²) >= 11 is 1.62. The van der Waals surface area contributed by atoms with E-state index in [1.807, 2.05) is 17.9 Å². The molecule has 1 atom stereocenters. The average Bonchev–Trinajstić information content (AvgIpc) is 2.64. The zero-order chi connectivity index (χ0) is 16.9. The van der Waals surface area contributed by atoms with Gasteiger partial charge in [0, 0.05) is 43.5 Å². The Kier molecular flexibility index (Phi) is 5.35. The van der Waals surface area contributed by atoms with E-state index in [0.29, 0.717) is 0 Å². The molecule has 0 saturated carbocycles. The van der Waals surface area contributed by atoms with Crippen LogP contribution in [-0.4, -0.2) is 52.2 Å². The molecule has 1 aliphatic rings. The Hall–Kier alpha value is -2.08. The third-order valence-corrected chi connectivity index (χ3v) is 5.21. The van der Waals surface area contributed by atoms with Crippen LogP contribution in [0.3, 0.4) is 0 Å². The number of carbonyl (C=O) groups excluding carboxylic acids is 1. The summed E-state index contributed by atoms with van der Waals surface area (Å²) in [5.74, 6) is 0.945. The first-order valence-corrected chi connectivity index (χ1v) is 9.05. The minimum atomic E-state index is -0.0766. The number of aryl methyl sites for hydroxylation is 1. The number of aromatic nitrogens is 2. The summed E-state index contributed by atoms with van der Waals surface area (Å²) in [5.41, 5.74) is 1.23.